The van der Waals surface area contributed by atoms with Crippen molar-refractivity contribution in [3.63, 3.8) is 0 Å². The molecule has 2 saturated heterocycles. The first-order chi connectivity index (χ1) is 18.8. The van der Waals surface area contributed by atoms with E-state index in [1.54, 1.807) is 29.4 Å². The SMILES string of the molecule is CCOC1C(Sc2cc(Br)cnc2C(=O)N2CCC2)OC(CO)C(O)C1n1cc(-c2ccc(Cl)c(F)c2)nn1. The monoisotopic (exact) mass is 641 g/mol. The number of hydrogen-bond donors (Lipinski definition) is 2. The smallest absolute Gasteiger partial charge is 0.273 e. The summed E-state index contributed by atoms with van der Waals surface area (Å²) in [7, 11) is 0. The zero-order chi connectivity index (χ0) is 27.7. The van der Waals surface area contributed by atoms with Crippen LogP contribution >= 0.6 is 39.3 Å². The molecule has 0 saturated carbocycles. The molecule has 0 bridgehead atoms. The Bertz CT molecular complexity index is 1350. The van der Waals surface area contributed by atoms with Gasteiger partial charge >= 0.3 is 0 Å². The number of ether oxygens (including phenoxy) is 2. The summed E-state index contributed by atoms with van der Waals surface area (Å²) in [5, 5.41) is 29.6. The summed E-state index contributed by atoms with van der Waals surface area (Å²) in [4.78, 5) is 19.7. The Balaban J connectivity index is 1.49. The molecule has 0 aliphatic carbocycles. The van der Waals surface area contributed by atoms with Gasteiger partial charge in [0.15, 0.2) is 0 Å². The molecule has 1 aromatic carbocycles. The zero-order valence-corrected chi connectivity index (χ0v) is 23.9. The quantitative estimate of drug-likeness (QED) is 0.380. The van der Waals surface area contributed by atoms with E-state index in [2.05, 4.69) is 31.2 Å². The summed E-state index contributed by atoms with van der Waals surface area (Å²) in [6, 6.07) is 5.27. The number of hydrogen-bond acceptors (Lipinski definition) is 9. The Morgan fingerprint density at radius 2 is 2.15 bits per heavy atom. The van der Waals surface area contributed by atoms with Crippen LogP contribution in [0.2, 0.25) is 5.02 Å². The molecule has 2 aromatic heterocycles. The summed E-state index contributed by atoms with van der Waals surface area (Å²) in [6.07, 6.45) is 1.15. The first-order valence-corrected chi connectivity index (χ1v) is 14.4. The van der Waals surface area contributed by atoms with Crippen LogP contribution < -0.4 is 0 Å². The first kappa shape index (κ1) is 28.4. The predicted octanol–water partition coefficient (Wildman–Crippen LogP) is 3.56. The molecule has 39 heavy (non-hydrogen) atoms. The lowest BCUT2D eigenvalue weighted by atomic mass is 9.97. The van der Waals surface area contributed by atoms with Crippen LogP contribution in [0, 0.1) is 5.82 Å². The molecule has 1 amide bonds. The van der Waals surface area contributed by atoms with Crippen LogP contribution in [0.5, 0.6) is 0 Å². The number of aromatic nitrogens is 4. The summed E-state index contributed by atoms with van der Waals surface area (Å²) < 4.78 is 28.4. The molecule has 2 aliphatic rings. The number of benzene rings is 1. The number of carbonyl (C=O) groups excluding carboxylic acids is 1. The van der Waals surface area contributed by atoms with Crippen molar-refractivity contribution in [2.24, 2.45) is 0 Å². The fraction of sp³-hybridized carbons (Fsp3) is 0.440. The number of nitrogens with zero attached hydrogens (tertiary/aromatic N) is 5. The number of halogens is 3. The maximum Gasteiger partial charge on any atom is 0.273 e. The molecule has 5 atom stereocenters. The lowest BCUT2D eigenvalue weighted by Gasteiger charge is -2.43. The molecule has 2 fully saturated rings. The van der Waals surface area contributed by atoms with Crippen molar-refractivity contribution in [3.05, 3.63) is 57.7 Å². The van der Waals surface area contributed by atoms with Gasteiger partial charge in [0.25, 0.3) is 5.91 Å². The van der Waals surface area contributed by atoms with Gasteiger partial charge < -0.3 is 24.6 Å². The Labute approximate surface area is 241 Å². The van der Waals surface area contributed by atoms with E-state index in [1.165, 1.54) is 28.6 Å². The van der Waals surface area contributed by atoms with Crippen LogP contribution in [-0.4, -0.2) is 91.0 Å². The van der Waals surface area contributed by atoms with Gasteiger partial charge in [-0.1, -0.05) is 34.6 Å². The normalized spacial score (nSPS) is 25.0. The summed E-state index contributed by atoms with van der Waals surface area (Å²) in [5.74, 6) is -0.767. The molecule has 208 valence electrons. The Morgan fingerprint density at radius 1 is 1.36 bits per heavy atom. The first-order valence-electron chi connectivity index (χ1n) is 12.4. The standard InChI is InChI=1S/C25H26BrClFN5O5S/c1-2-37-23-21(33-11-17(30-31-33)13-4-5-15(27)16(28)8-13)22(35)18(12-34)38-25(23)39-19-9-14(26)10-29-20(19)24(36)32-6-3-7-32/h4-5,8-11,18,21-23,25,34-35H,2-3,6-7,12H2,1H3. The van der Waals surface area contributed by atoms with E-state index in [1.807, 2.05) is 6.92 Å². The number of aliphatic hydroxyl groups excluding tert-OH is 2. The lowest BCUT2D eigenvalue weighted by Crippen LogP contribution is -2.56. The zero-order valence-electron chi connectivity index (χ0n) is 20.8. The molecular formula is C25H26BrClFN5O5S. The number of pyridine rings is 1. The fourth-order valence-electron chi connectivity index (χ4n) is 4.50. The second kappa shape index (κ2) is 12.2. The fourth-order valence-corrected chi connectivity index (χ4v) is 6.37. The highest BCUT2D eigenvalue weighted by Crippen LogP contribution is 2.41. The number of thioether (sulfide) groups is 1. The third-order valence-electron chi connectivity index (χ3n) is 6.62. The lowest BCUT2D eigenvalue weighted by molar-refractivity contribution is -0.191. The van der Waals surface area contributed by atoms with Gasteiger partial charge in [0.1, 0.15) is 47.0 Å². The van der Waals surface area contributed by atoms with Gasteiger partial charge in [-0.15, -0.1) is 5.10 Å². The van der Waals surface area contributed by atoms with Crippen LogP contribution in [-0.2, 0) is 9.47 Å². The molecule has 14 heteroatoms. The molecule has 5 rings (SSSR count). The molecule has 3 aromatic rings. The van der Waals surface area contributed by atoms with Crippen molar-refractivity contribution >= 4 is 45.2 Å². The minimum atomic E-state index is -1.21. The third kappa shape index (κ3) is 5.85. The van der Waals surface area contributed by atoms with Crippen LogP contribution in [0.15, 0.2) is 46.0 Å². The number of rotatable bonds is 8. The van der Waals surface area contributed by atoms with E-state index in [-0.39, 0.29) is 16.6 Å². The minimum absolute atomic E-state index is 0.0120. The second-order valence-corrected chi connectivity index (χ2v) is 11.6. The van der Waals surface area contributed by atoms with Crippen molar-refractivity contribution in [2.75, 3.05) is 26.3 Å². The average Bonchev–Trinajstić information content (AvgIpc) is 3.36. The van der Waals surface area contributed by atoms with Crippen LogP contribution in [0.25, 0.3) is 11.3 Å². The topological polar surface area (TPSA) is 123 Å². The summed E-state index contributed by atoms with van der Waals surface area (Å²) >= 11 is 10.5. The molecule has 5 unspecified atom stereocenters. The van der Waals surface area contributed by atoms with E-state index >= 15 is 0 Å². The highest BCUT2D eigenvalue weighted by Gasteiger charge is 2.48. The Morgan fingerprint density at radius 3 is 2.82 bits per heavy atom. The molecule has 2 N–H and O–H groups in total. The molecule has 4 heterocycles. The van der Waals surface area contributed by atoms with E-state index < -0.39 is 42.2 Å². The van der Waals surface area contributed by atoms with Gasteiger partial charge in [0.05, 0.1) is 17.8 Å². The number of carbonyl (C=O) groups is 1. The highest BCUT2D eigenvalue weighted by molar-refractivity contribution is 9.10. The maximum atomic E-state index is 14.1. The van der Waals surface area contributed by atoms with Crippen molar-refractivity contribution in [1.29, 1.82) is 0 Å². The second-order valence-electron chi connectivity index (χ2n) is 9.10. The minimum Gasteiger partial charge on any atom is -0.394 e. The Hall–Kier alpha value is -2.13. The molecule has 10 nitrogen and oxygen atoms in total. The van der Waals surface area contributed by atoms with Gasteiger partial charge in [0.2, 0.25) is 0 Å². The van der Waals surface area contributed by atoms with E-state index in [0.29, 0.717) is 40.3 Å². The van der Waals surface area contributed by atoms with E-state index in [9.17, 15) is 19.4 Å². The molecule has 2 aliphatic heterocycles. The third-order valence-corrected chi connectivity index (χ3v) is 8.54. The van der Waals surface area contributed by atoms with Gasteiger partial charge in [0, 0.05) is 40.8 Å². The Kier molecular flexibility index (Phi) is 8.86. The number of likely N-dealkylation sites (tertiary alicyclic amines) is 1. The largest absolute Gasteiger partial charge is 0.394 e. The molecule has 0 spiro atoms. The van der Waals surface area contributed by atoms with Crippen LogP contribution in [0.4, 0.5) is 4.39 Å². The number of amides is 1. The summed E-state index contributed by atoms with van der Waals surface area (Å²) in [6.45, 7) is 2.99. The maximum absolute atomic E-state index is 14.1. The van der Waals surface area contributed by atoms with Gasteiger partial charge in [-0.2, -0.15) is 0 Å². The average molecular weight is 643 g/mol. The van der Waals surface area contributed by atoms with Crippen molar-refractivity contribution in [3.8, 4) is 11.3 Å². The van der Waals surface area contributed by atoms with Crippen LogP contribution in [0.3, 0.4) is 0 Å². The molecular weight excluding hydrogens is 617 g/mol. The van der Waals surface area contributed by atoms with E-state index in [4.69, 9.17) is 21.1 Å². The van der Waals surface area contributed by atoms with Gasteiger partial charge in [-0.05, 0) is 47.5 Å². The van der Waals surface area contributed by atoms with Crippen molar-refractivity contribution in [1.82, 2.24) is 24.9 Å². The summed E-state index contributed by atoms with van der Waals surface area (Å²) in [5.41, 5.74) is 0.354. The molecule has 0 radical (unpaired) electrons. The van der Waals surface area contributed by atoms with Gasteiger partial charge in [-0.3, -0.25) is 4.79 Å². The van der Waals surface area contributed by atoms with Crippen molar-refractivity contribution in [2.45, 2.75) is 48.0 Å². The predicted molar refractivity (Wildman–Crippen MR) is 145 cm³/mol. The van der Waals surface area contributed by atoms with Crippen LogP contribution in [0.1, 0.15) is 29.9 Å². The van der Waals surface area contributed by atoms with E-state index in [0.717, 1.165) is 6.42 Å². The van der Waals surface area contributed by atoms with Crippen molar-refractivity contribution < 1.29 is 28.9 Å². The highest BCUT2D eigenvalue weighted by atomic mass is 79.9. The number of aliphatic hydroxyl groups is 2. The van der Waals surface area contributed by atoms with Gasteiger partial charge in [-0.25, -0.2) is 14.1 Å².